The van der Waals surface area contributed by atoms with Crippen LogP contribution in [0.1, 0.15) is 10.5 Å². The zero-order chi connectivity index (χ0) is 20.9. The first-order valence-electron chi connectivity index (χ1n) is 7.63. The van der Waals surface area contributed by atoms with Gasteiger partial charge in [0, 0.05) is 29.7 Å². The van der Waals surface area contributed by atoms with E-state index in [1.807, 2.05) is 0 Å². The molecule has 30 heavy (non-hydrogen) atoms. The molecule has 0 unspecified atom stereocenters. The fourth-order valence-electron chi connectivity index (χ4n) is 2.80. The van der Waals surface area contributed by atoms with Crippen molar-refractivity contribution in [1.82, 2.24) is 4.57 Å². The number of aryl methyl sites for hydroxylation is 1. The fraction of sp³-hybridized carbons (Fsp3) is 0.0625. The molecule has 0 aliphatic carbocycles. The predicted octanol–water partition coefficient (Wildman–Crippen LogP) is -1.07. The number of nitrogens with two attached hydrogens (primary N) is 1. The summed E-state index contributed by atoms with van der Waals surface area (Å²) in [6.45, 7) is 0. The molecule has 1 aromatic heterocycles. The van der Waals surface area contributed by atoms with Crippen molar-refractivity contribution in [3.8, 4) is 0 Å². The molecule has 0 saturated carbocycles. The standard InChI is InChI=1S/C16H15N3O7S2.ClH.Na/c1-19-8-9(17)6-14(19)16(20)18-13-4-5-15(28(24,25)26)12-7-10(27(21,22)23)2-3-11(12)13;;/h2-8H,17H2,1H3,(H,18,20)(H,21,22,23)(H,24,25,26);1H;/q;;+1. The van der Waals surface area contributed by atoms with E-state index in [1.165, 1.54) is 29.0 Å². The number of nitrogens with zero attached hydrogens (tertiary/aromatic N) is 1. The molecule has 0 fully saturated rings. The van der Waals surface area contributed by atoms with Crippen LogP contribution in [0, 0.1) is 0 Å². The molecule has 3 rings (SSSR count). The summed E-state index contributed by atoms with van der Waals surface area (Å²) in [5, 5.41) is 2.53. The molecule has 0 saturated heterocycles. The topological polar surface area (TPSA) is 169 Å². The predicted molar refractivity (Wildman–Crippen MR) is 109 cm³/mol. The molecular formula is C16H16ClN3NaO7S2+. The second-order valence-corrected chi connectivity index (χ2v) is 8.80. The molecule has 0 spiro atoms. The Morgan fingerprint density at radius 3 is 2.13 bits per heavy atom. The average molecular weight is 485 g/mol. The van der Waals surface area contributed by atoms with Crippen molar-refractivity contribution in [2.75, 3.05) is 11.1 Å². The molecule has 3 aromatic rings. The number of anilines is 2. The fourth-order valence-corrected chi connectivity index (χ4v) is 3.99. The number of hydrogen-bond donors (Lipinski definition) is 4. The molecule has 2 aromatic carbocycles. The first-order valence-corrected chi connectivity index (χ1v) is 10.5. The van der Waals surface area contributed by atoms with Gasteiger partial charge in [-0.05, 0) is 30.3 Å². The van der Waals surface area contributed by atoms with E-state index in [0.717, 1.165) is 18.2 Å². The van der Waals surface area contributed by atoms with E-state index in [9.17, 15) is 30.7 Å². The Morgan fingerprint density at radius 2 is 1.63 bits per heavy atom. The largest absolute Gasteiger partial charge is 1.00 e. The van der Waals surface area contributed by atoms with Gasteiger partial charge in [0.15, 0.2) is 0 Å². The summed E-state index contributed by atoms with van der Waals surface area (Å²) in [5.41, 5.74) is 6.42. The first kappa shape index (κ1) is 26.4. The van der Waals surface area contributed by atoms with Crippen LogP contribution in [0.2, 0.25) is 0 Å². The molecule has 10 nitrogen and oxygen atoms in total. The molecule has 0 radical (unpaired) electrons. The van der Waals surface area contributed by atoms with Crippen LogP contribution >= 0.6 is 12.4 Å². The number of carbonyl (C=O) groups excluding carboxylic acids is 1. The van der Waals surface area contributed by atoms with Gasteiger partial charge in [-0.2, -0.15) is 16.8 Å². The Labute approximate surface area is 200 Å². The van der Waals surface area contributed by atoms with Crippen molar-refractivity contribution in [3.05, 3.63) is 48.3 Å². The molecule has 14 heteroatoms. The van der Waals surface area contributed by atoms with Crippen molar-refractivity contribution in [2.24, 2.45) is 7.05 Å². The second kappa shape index (κ2) is 9.24. The summed E-state index contributed by atoms with van der Waals surface area (Å²) in [6, 6.07) is 6.86. The summed E-state index contributed by atoms with van der Waals surface area (Å²) >= 11 is 0. The number of halogens is 1. The van der Waals surface area contributed by atoms with Crippen LogP contribution < -0.4 is 40.6 Å². The van der Waals surface area contributed by atoms with Crippen LogP contribution in [0.3, 0.4) is 0 Å². The van der Waals surface area contributed by atoms with Crippen molar-refractivity contribution < 1.29 is 60.3 Å². The summed E-state index contributed by atoms with van der Waals surface area (Å²) < 4.78 is 66.2. The van der Waals surface area contributed by atoms with Crippen LogP contribution in [0.15, 0.2) is 52.4 Å². The molecule has 5 N–H and O–H groups in total. The minimum absolute atomic E-state index is 0. The Hall–Kier alpha value is -1.64. The summed E-state index contributed by atoms with van der Waals surface area (Å²) in [4.78, 5) is 11.4. The van der Waals surface area contributed by atoms with E-state index in [1.54, 1.807) is 7.05 Å². The van der Waals surface area contributed by atoms with Crippen molar-refractivity contribution >= 4 is 60.7 Å². The molecule has 0 aliphatic heterocycles. The number of rotatable bonds is 4. The SMILES string of the molecule is Cl.Cn1cc(N)cc1C(=O)Nc1ccc(S(=O)(=O)O)c2cc(S(=O)(=O)O)ccc12.[Na+]. The normalized spacial score (nSPS) is 11.4. The number of amides is 1. The van der Waals surface area contributed by atoms with E-state index in [0.29, 0.717) is 5.69 Å². The van der Waals surface area contributed by atoms with Gasteiger partial charge in [-0.1, -0.05) is 6.07 Å². The zero-order valence-corrected chi connectivity index (χ0v) is 20.2. The smallest absolute Gasteiger partial charge is 0.397 e. The molecule has 0 bridgehead atoms. The Balaban J connectivity index is 0.00000225. The molecule has 0 atom stereocenters. The molecular weight excluding hydrogens is 469 g/mol. The van der Waals surface area contributed by atoms with Crippen molar-refractivity contribution in [2.45, 2.75) is 9.79 Å². The number of aromatic nitrogens is 1. The van der Waals surface area contributed by atoms with Gasteiger partial charge in [-0.25, -0.2) is 0 Å². The molecule has 1 amide bonds. The van der Waals surface area contributed by atoms with Gasteiger partial charge in [0.2, 0.25) is 0 Å². The quantitative estimate of drug-likeness (QED) is 0.268. The zero-order valence-electron chi connectivity index (χ0n) is 15.7. The third-order valence-electron chi connectivity index (χ3n) is 4.03. The maximum absolute atomic E-state index is 12.5. The van der Waals surface area contributed by atoms with Crippen LogP contribution in [0.5, 0.6) is 0 Å². The molecule has 1 heterocycles. The molecule has 156 valence electrons. The van der Waals surface area contributed by atoms with Crippen LogP contribution in [0.4, 0.5) is 11.4 Å². The van der Waals surface area contributed by atoms with E-state index in [-0.39, 0.29) is 64.1 Å². The summed E-state index contributed by atoms with van der Waals surface area (Å²) in [7, 11) is -7.71. The third-order valence-corrected chi connectivity index (χ3v) is 5.79. The second-order valence-electron chi connectivity index (χ2n) is 5.99. The maximum atomic E-state index is 12.5. The van der Waals surface area contributed by atoms with Crippen LogP contribution in [-0.4, -0.2) is 36.4 Å². The van der Waals surface area contributed by atoms with E-state index in [4.69, 9.17) is 5.73 Å². The van der Waals surface area contributed by atoms with Crippen molar-refractivity contribution in [3.63, 3.8) is 0 Å². The van der Waals surface area contributed by atoms with E-state index < -0.39 is 35.9 Å². The van der Waals surface area contributed by atoms with Gasteiger partial charge in [-0.15, -0.1) is 12.4 Å². The number of nitrogen functional groups attached to an aromatic ring is 1. The van der Waals surface area contributed by atoms with Gasteiger partial charge < -0.3 is 15.6 Å². The van der Waals surface area contributed by atoms with Crippen molar-refractivity contribution in [1.29, 1.82) is 0 Å². The van der Waals surface area contributed by atoms with Gasteiger partial charge >= 0.3 is 29.6 Å². The van der Waals surface area contributed by atoms with Crippen LogP contribution in [-0.2, 0) is 27.3 Å². The minimum atomic E-state index is -4.70. The minimum Gasteiger partial charge on any atom is -0.397 e. The van der Waals surface area contributed by atoms with Gasteiger partial charge in [-0.3, -0.25) is 13.9 Å². The Kier molecular flexibility index (Phi) is 8.13. The van der Waals surface area contributed by atoms with Crippen LogP contribution in [0.25, 0.3) is 10.8 Å². The maximum Gasteiger partial charge on any atom is 1.00 e. The van der Waals surface area contributed by atoms with Gasteiger partial charge in [0.25, 0.3) is 26.1 Å². The summed E-state index contributed by atoms with van der Waals surface area (Å²) in [6.07, 6.45) is 1.53. The summed E-state index contributed by atoms with van der Waals surface area (Å²) in [5.74, 6) is -0.543. The van der Waals surface area contributed by atoms with Gasteiger partial charge in [0.05, 0.1) is 10.6 Å². The van der Waals surface area contributed by atoms with E-state index >= 15 is 0 Å². The number of benzene rings is 2. The Bertz CT molecular complexity index is 1340. The average Bonchev–Trinajstić information content (AvgIpc) is 2.91. The number of fused-ring (bicyclic) bond motifs is 1. The first-order chi connectivity index (χ1) is 12.9. The number of nitrogens with one attached hydrogen (secondary N) is 1. The Morgan fingerprint density at radius 1 is 1.00 bits per heavy atom. The third kappa shape index (κ3) is 5.34. The number of hydrogen-bond acceptors (Lipinski definition) is 6. The molecule has 0 aliphatic rings. The van der Waals surface area contributed by atoms with E-state index in [2.05, 4.69) is 5.32 Å². The monoisotopic (exact) mass is 484 g/mol. The van der Waals surface area contributed by atoms with Gasteiger partial charge in [0.1, 0.15) is 10.6 Å². The number of carbonyl (C=O) groups is 1.